The van der Waals surface area contributed by atoms with E-state index in [9.17, 15) is 8.42 Å². The lowest BCUT2D eigenvalue weighted by Gasteiger charge is -2.14. The number of rotatable bonds is 6. The minimum atomic E-state index is -2.99. The molecule has 1 aromatic rings. The van der Waals surface area contributed by atoms with Crippen LogP contribution in [0.15, 0.2) is 18.2 Å². The highest BCUT2D eigenvalue weighted by Gasteiger charge is 2.11. The van der Waals surface area contributed by atoms with Crippen molar-refractivity contribution in [1.29, 1.82) is 0 Å². The molecule has 0 saturated heterocycles. The molecule has 0 heterocycles. The quantitative estimate of drug-likeness (QED) is 0.857. The normalized spacial score (nSPS) is 13.3. The summed E-state index contributed by atoms with van der Waals surface area (Å²) in [6, 6.07) is 5.60. The second-order valence-electron chi connectivity index (χ2n) is 4.41. The monoisotopic (exact) mass is 271 g/mol. The molecule has 0 aliphatic carbocycles. The first-order chi connectivity index (χ1) is 8.35. The van der Waals surface area contributed by atoms with Gasteiger partial charge in [0.2, 0.25) is 0 Å². The Bertz CT molecular complexity index is 495. The third-order valence-corrected chi connectivity index (χ3v) is 4.42. The average Bonchev–Trinajstić information content (AvgIpc) is 2.30. The molecule has 1 aromatic carbocycles. The van der Waals surface area contributed by atoms with Gasteiger partial charge in [-0.15, -0.1) is 0 Å². The van der Waals surface area contributed by atoms with E-state index >= 15 is 0 Å². The highest BCUT2D eigenvalue weighted by Crippen LogP contribution is 2.24. The fourth-order valence-electron chi connectivity index (χ4n) is 1.58. The van der Waals surface area contributed by atoms with Crippen LogP contribution in [0.1, 0.15) is 31.0 Å². The molecule has 102 valence electrons. The Morgan fingerprint density at radius 3 is 2.61 bits per heavy atom. The average molecular weight is 271 g/mol. The largest absolute Gasteiger partial charge is 0.492 e. The predicted molar refractivity (Wildman–Crippen MR) is 73.6 cm³/mol. The van der Waals surface area contributed by atoms with Gasteiger partial charge in [-0.25, -0.2) is 8.42 Å². The molecule has 0 aliphatic rings. The van der Waals surface area contributed by atoms with Crippen molar-refractivity contribution in [1.82, 2.24) is 0 Å². The van der Waals surface area contributed by atoms with Gasteiger partial charge >= 0.3 is 0 Å². The van der Waals surface area contributed by atoms with Crippen LogP contribution < -0.4 is 10.5 Å². The van der Waals surface area contributed by atoms with Gasteiger partial charge in [-0.1, -0.05) is 24.6 Å². The summed E-state index contributed by atoms with van der Waals surface area (Å²) in [5.41, 5.74) is 7.88. The number of aryl methyl sites for hydroxylation is 1. The van der Waals surface area contributed by atoms with Crippen LogP contribution in [0.4, 0.5) is 0 Å². The number of ether oxygens (including phenoxy) is 1. The van der Waals surface area contributed by atoms with Crippen LogP contribution in [0.3, 0.4) is 0 Å². The zero-order valence-corrected chi connectivity index (χ0v) is 12.0. The van der Waals surface area contributed by atoms with Gasteiger partial charge in [0.15, 0.2) is 9.84 Å². The lowest BCUT2D eigenvalue weighted by molar-refractivity contribution is 0.335. The van der Waals surface area contributed by atoms with Crippen LogP contribution >= 0.6 is 0 Å². The van der Waals surface area contributed by atoms with E-state index in [1.807, 2.05) is 32.0 Å². The minimum absolute atomic E-state index is 0.0375. The summed E-state index contributed by atoms with van der Waals surface area (Å²) in [5, 5.41) is 0. The van der Waals surface area contributed by atoms with Crippen LogP contribution in [0.2, 0.25) is 0 Å². The number of hydrogen-bond acceptors (Lipinski definition) is 4. The minimum Gasteiger partial charge on any atom is -0.492 e. The molecule has 1 rings (SSSR count). The molecule has 0 radical (unpaired) electrons. The van der Waals surface area contributed by atoms with Crippen molar-refractivity contribution in [3.05, 3.63) is 29.3 Å². The summed E-state index contributed by atoms with van der Waals surface area (Å²) in [7, 11) is -2.99. The van der Waals surface area contributed by atoms with Crippen molar-refractivity contribution in [3.8, 4) is 5.75 Å². The van der Waals surface area contributed by atoms with Gasteiger partial charge in [0.05, 0.1) is 5.75 Å². The molecule has 5 heteroatoms. The Morgan fingerprint density at radius 2 is 2.06 bits per heavy atom. The van der Waals surface area contributed by atoms with E-state index in [2.05, 4.69) is 0 Å². The molecule has 0 aliphatic heterocycles. The van der Waals surface area contributed by atoms with E-state index in [-0.39, 0.29) is 24.2 Å². The van der Waals surface area contributed by atoms with Crippen molar-refractivity contribution in [2.24, 2.45) is 5.73 Å². The molecular weight excluding hydrogens is 250 g/mol. The third-order valence-electron chi connectivity index (χ3n) is 2.75. The molecule has 18 heavy (non-hydrogen) atoms. The number of benzene rings is 1. The maximum Gasteiger partial charge on any atom is 0.153 e. The summed E-state index contributed by atoms with van der Waals surface area (Å²) < 4.78 is 28.2. The van der Waals surface area contributed by atoms with Crippen LogP contribution in [-0.4, -0.2) is 26.5 Å². The molecule has 1 unspecified atom stereocenters. The molecule has 0 saturated carbocycles. The highest BCUT2D eigenvalue weighted by molar-refractivity contribution is 7.91. The van der Waals surface area contributed by atoms with Crippen molar-refractivity contribution in [3.63, 3.8) is 0 Å². The number of nitrogens with two attached hydrogens (primary N) is 1. The van der Waals surface area contributed by atoms with Gasteiger partial charge in [0.1, 0.15) is 12.4 Å². The second kappa shape index (κ2) is 6.20. The van der Waals surface area contributed by atoms with Gasteiger partial charge in [0, 0.05) is 17.4 Å². The van der Waals surface area contributed by atoms with Crippen molar-refractivity contribution < 1.29 is 13.2 Å². The molecule has 0 bridgehead atoms. The van der Waals surface area contributed by atoms with E-state index in [0.29, 0.717) is 5.75 Å². The van der Waals surface area contributed by atoms with E-state index in [0.717, 1.165) is 11.1 Å². The van der Waals surface area contributed by atoms with Gasteiger partial charge in [-0.2, -0.15) is 0 Å². The van der Waals surface area contributed by atoms with Gasteiger partial charge in [0.25, 0.3) is 0 Å². The highest BCUT2D eigenvalue weighted by atomic mass is 32.2. The van der Waals surface area contributed by atoms with E-state index in [1.165, 1.54) is 0 Å². The van der Waals surface area contributed by atoms with Crippen molar-refractivity contribution in [2.75, 3.05) is 18.1 Å². The second-order valence-corrected chi connectivity index (χ2v) is 6.89. The van der Waals surface area contributed by atoms with Crippen LogP contribution in [0.25, 0.3) is 0 Å². The first-order valence-electron chi connectivity index (χ1n) is 6.05. The first-order valence-corrected chi connectivity index (χ1v) is 7.87. The molecule has 0 spiro atoms. The van der Waals surface area contributed by atoms with Crippen LogP contribution in [-0.2, 0) is 9.84 Å². The lowest BCUT2D eigenvalue weighted by atomic mass is 10.1. The Morgan fingerprint density at radius 1 is 1.39 bits per heavy atom. The smallest absolute Gasteiger partial charge is 0.153 e. The summed E-state index contributed by atoms with van der Waals surface area (Å²) in [5.74, 6) is 0.849. The lowest BCUT2D eigenvalue weighted by Crippen LogP contribution is -2.17. The Kier molecular flexibility index (Phi) is 5.16. The first kappa shape index (κ1) is 15.0. The zero-order valence-electron chi connectivity index (χ0n) is 11.1. The summed E-state index contributed by atoms with van der Waals surface area (Å²) in [6.07, 6.45) is 0. The zero-order chi connectivity index (χ0) is 13.8. The number of sulfone groups is 1. The van der Waals surface area contributed by atoms with Gasteiger partial charge in [-0.3, -0.25) is 0 Å². The molecule has 0 aromatic heterocycles. The van der Waals surface area contributed by atoms with E-state index in [4.69, 9.17) is 10.5 Å². The molecule has 2 N–H and O–H groups in total. The van der Waals surface area contributed by atoms with Crippen molar-refractivity contribution in [2.45, 2.75) is 26.8 Å². The summed E-state index contributed by atoms with van der Waals surface area (Å²) in [6.45, 7) is 5.66. The van der Waals surface area contributed by atoms with Crippen LogP contribution in [0.5, 0.6) is 5.75 Å². The van der Waals surface area contributed by atoms with Crippen LogP contribution in [0, 0.1) is 6.92 Å². The maximum absolute atomic E-state index is 11.4. The topological polar surface area (TPSA) is 69.4 Å². The Hall–Kier alpha value is -1.07. The SMILES string of the molecule is CCS(=O)(=O)CCOc1ccc(C)cc1C(C)N. The summed E-state index contributed by atoms with van der Waals surface area (Å²) >= 11 is 0. The van der Waals surface area contributed by atoms with E-state index in [1.54, 1.807) is 6.92 Å². The maximum atomic E-state index is 11.4. The third kappa shape index (κ3) is 4.31. The standard InChI is InChI=1S/C13H21NO3S/c1-4-18(15,16)8-7-17-13-6-5-10(2)9-12(13)11(3)14/h5-6,9,11H,4,7-8,14H2,1-3H3. The van der Waals surface area contributed by atoms with Gasteiger partial charge in [-0.05, 0) is 19.9 Å². The Balaban J connectivity index is 2.73. The van der Waals surface area contributed by atoms with Gasteiger partial charge < -0.3 is 10.5 Å². The number of hydrogen-bond donors (Lipinski definition) is 1. The molecule has 0 fully saturated rings. The van der Waals surface area contributed by atoms with Crippen molar-refractivity contribution >= 4 is 9.84 Å². The Labute approximate surface area is 109 Å². The fraction of sp³-hybridized carbons (Fsp3) is 0.538. The van der Waals surface area contributed by atoms with E-state index < -0.39 is 9.84 Å². The molecule has 1 atom stereocenters. The predicted octanol–water partition coefficient (Wildman–Crippen LogP) is 1.83. The summed E-state index contributed by atoms with van der Waals surface area (Å²) in [4.78, 5) is 0. The molecular formula is C13H21NO3S. The molecule has 4 nitrogen and oxygen atoms in total. The fourth-order valence-corrected chi connectivity index (χ4v) is 2.20. The molecule has 0 amide bonds.